The van der Waals surface area contributed by atoms with Crippen molar-refractivity contribution in [2.75, 3.05) is 25.5 Å². The van der Waals surface area contributed by atoms with E-state index < -0.39 is 18.1 Å². The average Bonchev–Trinajstić information content (AvgIpc) is 2.95. The Balaban J connectivity index is 1.90. The van der Waals surface area contributed by atoms with Gasteiger partial charge in [0.15, 0.2) is 5.58 Å². The molecule has 1 saturated heterocycles. The van der Waals surface area contributed by atoms with Crippen molar-refractivity contribution in [3.8, 4) is 6.07 Å². The number of likely N-dealkylation sites (tertiary alicyclic amines) is 1. The maximum atomic E-state index is 13.3. The fourth-order valence-corrected chi connectivity index (χ4v) is 3.46. The van der Waals surface area contributed by atoms with Crippen LogP contribution < -0.4 is 5.32 Å². The van der Waals surface area contributed by atoms with Crippen molar-refractivity contribution in [1.29, 1.82) is 5.26 Å². The summed E-state index contributed by atoms with van der Waals surface area (Å²) >= 11 is 3.35. The SMILES string of the molecule is CN1CCC(Nc2ncc3oc(C#N)cc3c2Br)C(C(F)(F)F)C1. The molecule has 0 bridgehead atoms. The number of pyridine rings is 1. The molecule has 128 valence electrons. The summed E-state index contributed by atoms with van der Waals surface area (Å²) in [5, 5.41) is 12.4. The Kier molecular flexibility index (Phi) is 4.44. The molecular weight excluding hydrogens is 389 g/mol. The molecule has 9 heteroatoms. The van der Waals surface area contributed by atoms with E-state index in [0.717, 1.165) is 0 Å². The van der Waals surface area contributed by atoms with Crippen molar-refractivity contribution in [2.24, 2.45) is 5.92 Å². The van der Waals surface area contributed by atoms with E-state index in [0.29, 0.717) is 34.2 Å². The molecule has 3 rings (SSSR count). The molecule has 1 aliphatic rings. The summed E-state index contributed by atoms with van der Waals surface area (Å²) in [5.41, 5.74) is 0.403. The molecule has 0 amide bonds. The van der Waals surface area contributed by atoms with E-state index in [2.05, 4.69) is 26.2 Å². The number of halogens is 4. The van der Waals surface area contributed by atoms with Gasteiger partial charge in [0.1, 0.15) is 11.9 Å². The minimum absolute atomic E-state index is 0.0503. The quantitative estimate of drug-likeness (QED) is 0.828. The maximum Gasteiger partial charge on any atom is 0.394 e. The molecule has 1 aliphatic heterocycles. The zero-order chi connectivity index (χ0) is 17.5. The third-order valence-electron chi connectivity index (χ3n) is 4.18. The summed E-state index contributed by atoms with van der Waals surface area (Å²) in [5.74, 6) is -1.03. The first-order valence-corrected chi connectivity index (χ1v) is 8.09. The van der Waals surface area contributed by atoms with Crippen molar-refractivity contribution < 1.29 is 17.6 Å². The van der Waals surface area contributed by atoms with Crippen LogP contribution in [0.1, 0.15) is 12.2 Å². The summed E-state index contributed by atoms with van der Waals surface area (Å²) in [6, 6.07) is 2.66. The molecule has 2 aromatic rings. The molecule has 3 heterocycles. The van der Waals surface area contributed by atoms with Crippen LogP contribution in [0.2, 0.25) is 0 Å². The van der Waals surface area contributed by atoms with E-state index in [-0.39, 0.29) is 12.3 Å². The third-order valence-corrected chi connectivity index (χ3v) is 4.99. The van der Waals surface area contributed by atoms with Gasteiger partial charge in [-0.05, 0) is 35.9 Å². The van der Waals surface area contributed by atoms with Crippen LogP contribution in [-0.4, -0.2) is 42.2 Å². The van der Waals surface area contributed by atoms with Gasteiger partial charge in [0.25, 0.3) is 0 Å². The molecule has 1 fully saturated rings. The second-order valence-corrected chi connectivity index (χ2v) is 6.66. The molecule has 0 radical (unpaired) electrons. The Hall–Kier alpha value is -1.79. The van der Waals surface area contributed by atoms with Gasteiger partial charge in [0, 0.05) is 24.0 Å². The van der Waals surface area contributed by atoms with Gasteiger partial charge >= 0.3 is 6.18 Å². The Labute approximate surface area is 144 Å². The van der Waals surface area contributed by atoms with Crippen molar-refractivity contribution in [1.82, 2.24) is 9.88 Å². The Morgan fingerprint density at radius 3 is 2.92 bits per heavy atom. The summed E-state index contributed by atoms with van der Waals surface area (Å²) in [7, 11) is 1.68. The highest BCUT2D eigenvalue weighted by Crippen LogP contribution is 2.37. The molecule has 5 nitrogen and oxygen atoms in total. The number of nitrogens with one attached hydrogen (secondary N) is 1. The van der Waals surface area contributed by atoms with Crippen LogP contribution in [0.5, 0.6) is 0 Å². The third kappa shape index (κ3) is 3.21. The van der Waals surface area contributed by atoms with Crippen LogP contribution in [-0.2, 0) is 0 Å². The number of anilines is 1. The second-order valence-electron chi connectivity index (χ2n) is 5.87. The highest BCUT2D eigenvalue weighted by molar-refractivity contribution is 9.10. The fraction of sp³-hybridized carbons (Fsp3) is 0.467. The van der Waals surface area contributed by atoms with E-state index >= 15 is 0 Å². The minimum Gasteiger partial charge on any atom is -0.444 e. The van der Waals surface area contributed by atoms with Gasteiger partial charge in [-0.15, -0.1) is 0 Å². The summed E-state index contributed by atoms with van der Waals surface area (Å²) in [6.07, 6.45) is -2.52. The first-order valence-electron chi connectivity index (χ1n) is 7.29. The first kappa shape index (κ1) is 17.0. The lowest BCUT2D eigenvalue weighted by molar-refractivity contribution is -0.188. The van der Waals surface area contributed by atoms with Crippen molar-refractivity contribution in [2.45, 2.75) is 18.6 Å². The van der Waals surface area contributed by atoms with Gasteiger partial charge in [0.05, 0.1) is 16.6 Å². The van der Waals surface area contributed by atoms with Gasteiger partial charge in [-0.3, -0.25) is 0 Å². The van der Waals surface area contributed by atoms with E-state index in [1.54, 1.807) is 11.9 Å². The Morgan fingerprint density at radius 2 is 2.25 bits per heavy atom. The molecule has 2 unspecified atom stereocenters. The summed E-state index contributed by atoms with van der Waals surface area (Å²) < 4.78 is 45.7. The molecule has 0 spiro atoms. The molecule has 1 N–H and O–H groups in total. The minimum atomic E-state index is -4.29. The van der Waals surface area contributed by atoms with Crippen LogP contribution in [0, 0.1) is 17.2 Å². The Bertz CT molecular complexity index is 798. The molecule has 0 saturated carbocycles. The molecule has 2 atom stereocenters. The number of fused-ring (bicyclic) bond motifs is 1. The summed E-state index contributed by atoms with van der Waals surface area (Å²) in [6.45, 7) is 0.528. The van der Waals surface area contributed by atoms with E-state index in [9.17, 15) is 13.2 Å². The van der Waals surface area contributed by atoms with Crippen molar-refractivity contribution >= 4 is 32.7 Å². The van der Waals surface area contributed by atoms with E-state index in [1.165, 1.54) is 12.3 Å². The number of alkyl halides is 3. The number of furan rings is 1. The predicted molar refractivity (Wildman–Crippen MR) is 85.5 cm³/mol. The van der Waals surface area contributed by atoms with Crippen LogP contribution in [0.15, 0.2) is 21.2 Å². The highest BCUT2D eigenvalue weighted by atomic mass is 79.9. The van der Waals surface area contributed by atoms with Crippen molar-refractivity contribution in [3.63, 3.8) is 0 Å². The molecular formula is C15H14BrF3N4O. The Morgan fingerprint density at radius 1 is 1.50 bits per heavy atom. The van der Waals surface area contributed by atoms with E-state index in [4.69, 9.17) is 9.68 Å². The zero-order valence-electron chi connectivity index (χ0n) is 12.7. The van der Waals surface area contributed by atoms with Crippen LogP contribution in [0.25, 0.3) is 11.0 Å². The first-order chi connectivity index (χ1) is 11.3. The largest absolute Gasteiger partial charge is 0.444 e. The smallest absolute Gasteiger partial charge is 0.394 e. The number of piperidine rings is 1. The fourth-order valence-electron chi connectivity index (χ4n) is 2.93. The number of aromatic nitrogens is 1. The van der Waals surface area contributed by atoms with Crippen LogP contribution in [0.3, 0.4) is 0 Å². The number of nitrogens with zero attached hydrogens (tertiary/aromatic N) is 3. The number of nitriles is 1. The lowest BCUT2D eigenvalue weighted by Gasteiger charge is -2.38. The van der Waals surface area contributed by atoms with Gasteiger partial charge in [-0.2, -0.15) is 18.4 Å². The van der Waals surface area contributed by atoms with Gasteiger partial charge in [-0.25, -0.2) is 4.98 Å². The lowest BCUT2D eigenvalue weighted by Crippen LogP contribution is -2.51. The number of rotatable bonds is 2. The number of hydrogen-bond acceptors (Lipinski definition) is 5. The zero-order valence-corrected chi connectivity index (χ0v) is 14.3. The second kappa shape index (κ2) is 6.26. The highest BCUT2D eigenvalue weighted by Gasteiger charge is 2.47. The summed E-state index contributed by atoms with van der Waals surface area (Å²) in [4.78, 5) is 5.82. The molecule has 0 aliphatic carbocycles. The predicted octanol–water partition coefficient (Wildman–Crippen LogP) is 3.76. The standard InChI is InChI=1S/C15H14BrF3N4O/c1-23-3-2-11(10(7-23)15(17,18)19)22-14-13(16)9-4-8(5-20)24-12(9)6-21-14/h4,6,10-11H,2-3,7H2,1H3,(H,21,22). The van der Waals surface area contributed by atoms with Crippen LogP contribution >= 0.6 is 15.9 Å². The van der Waals surface area contributed by atoms with Gasteiger partial charge in [-0.1, -0.05) is 0 Å². The monoisotopic (exact) mass is 402 g/mol. The van der Waals surface area contributed by atoms with E-state index in [1.807, 2.05) is 6.07 Å². The van der Waals surface area contributed by atoms with Crippen LogP contribution in [0.4, 0.5) is 19.0 Å². The molecule has 24 heavy (non-hydrogen) atoms. The lowest BCUT2D eigenvalue weighted by atomic mass is 9.91. The average molecular weight is 403 g/mol. The van der Waals surface area contributed by atoms with Gasteiger partial charge in [0.2, 0.25) is 5.76 Å². The topological polar surface area (TPSA) is 65.1 Å². The normalized spacial score (nSPS) is 22.5. The molecule has 2 aromatic heterocycles. The maximum absolute atomic E-state index is 13.3. The molecule has 0 aromatic carbocycles. The number of hydrogen-bond donors (Lipinski definition) is 1. The van der Waals surface area contributed by atoms with Gasteiger partial charge < -0.3 is 14.6 Å². The van der Waals surface area contributed by atoms with Crippen molar-refractivity contribution in [3.05, 3.63) is 22.5 Å².